The van der Waals surface area contributed by atoms with Crippen LogP contribution < -0.4 is 21.1 Å². The summed E-state index contributed by atoms with van der Waals surface area (Å²) in [5.41, 5.74) is 5.79. The van der Waals surface area contributed by atoms with Crippen molar-refractivity contribution in [1.82, 2.24) is 5.32 Å². The molecule has 28 heavy (non-hydrogen) atoms. The maximum absolute atomic E-state index is 12.2. The number of rotatable bonds is 9. The number of carbonyl (C=O) groups is 2. The molecular formula is C19H25F3N3O3. The van der Waals surface area contributed by atoms with Gasteiger partial charge in [0.25, 0.3) is 0 Å². The summed E-state index contributed by atoms with van der Waals surface area (Å²) in [6, 6.07) is 4.09. The van der Waals surface area contributed by atoms with Crippen molar-refractivity contribution < 1.29 is 27.5 Å². The van der Waals surface area contributed by atoms with Crippen LogP contribution in [0.4, 0.5) is 18.9 Å². The Labute approximate surface area is 162 Å². The number of amides is 2. The summed E-state index contributed by atoms with van der Waals surface area (Å²) in [6.07, 6.45) is 3.28. The Morgan fingerprint density at radius 2 is 1.82 bits per heavy atom. The standard InChI is InChI=1S/C19H25F3N3O3/c20-19(21,22)28-15-9-7-14(8-10-15)24-12-16(18(23)27)25-17(26)11-6-13-4-2-1-3-5-13/h7-11,13,16,24H,1-6,12H2,(H2,23,27)(H,25,26)/t16-/m0/s1. The molecule has 0 unspecified atom stereocenters. The van der Waals surface area contributed by atoms with Crippen molar-refractivity contribution in [2.24, 2.45) is 11.7 Å². The normalized spacial score (nSPS) is 16.2. The van der Waals surface area contributed by atoms with E-state index in [0.29, 0.717) is 18.0 Å². The molecule has 9 heteroatoms. The van der Waals surface area contributed by atoms with E-state index in [1.54, 1.807) is 6.42 Å². The smallest absolute Gasteiger partial charge is 0.406 e. The van der Waals surface area contributed by atoms with Crippen molar-refractivity contribution in [2.75, 3.05) is 11.9 Å². The topological polar surface area (TPSA) is 93.5 Å². The minimum Gasteiger partial charge on any atom is -0.406 e. The molecule has 1 aromatic rings. The molecule has 1 aliphatic rings. The third-order valence-corrected chi connectivity index (χ3v) is 4.62. The zero-order valence-corrected chi connectivity index (χ0v) is 15.4. The highest BCUT2D eigenvalue weighted by Crippen LogP contribution is 2.27. The molecule has 1 fully saturated rings. The Bertz CT molecular complexity index is 644. The number of anilines is 1. The van der Waals surface area contributed by atoms with Crippen molar-refractivity contribution in [1.29, 1.82) is 0 Å². The third-order valence-electron chi connectivity index (χ3n) is 4.62. The Morgan fingerprint density at radius 3 is 2.39 bits per heavy atom. The van der Waals surface area contributed by atoms with E-state index in [1.165, 1.54) is 31.4 Å². The van der Waals surface area contributed by atoms with E-state index in [-0.39, 0.29) is 18.2 Å². The molecule has 1 atom stereocenters. The minimum absolute atomic E-state index is 0.0117. The maximum atomic E-state index is 12.2. The fourth-order valence-electron chi connectivity index (χ4n) is 3.14. The summed E-state index contributed by atoms with van der Waals surface area (Å²) < 4.78 is 40.3. The van der Waals surface area contributed by atoms with Crippen LogP contribution in [0.1, 0.15) is 38.5 Å². The SMILES string of the molecule is NC(=O)[C@H](CNc1ccc(OC(F)(F)F)cc1)NC(=O)[CH]CC1CCCCC1. The second-order valence-electron chi connectivity index (χ2n) is 6.86. The Kier molecular flexibility index (Phi) is 7.95. The average Bonchev–Trinajstić information content (AvgIpc) is 2.64. The van der Waals surface area contributed by atoms with Gasteiger partial charge in [-0.25, -0.2) is 0 Å². The molecule has 0 aliphatic heterocycles. The number of nitrogens with two attached hydrogens (primary N) is 1. The van der Waals surface area contributed by atoms with Gasteiger partial charge in [0.1, 0.15) is 11.8 Å². The number of benzene rings is 1. The van der Waals surface area contributed by atoms with E-state index in [4.69, 9.17) is 5.73 Å². The number of hydrogen-bond donors (Lipinski definition) is 3. The van der Waals surface area contributed by atoms with E-state index in [9.17, 15) is 22.8 Å². The Hall–Kier alpha value is -2.45. The molecule has 0 saturated heterocycles. The van der Waals surface area contributed by atoms with Gasteiger partial charge in [0.2, 0.25) is 11.8 Å². The van der Waals surface area contributed by atoms with Gasteiger partial charge < -0.3 is 21.1 Å². The van der Waals surface area contributed by atoms with Crippen LogP contribution in [0, 0.1) is 12.3 Å². The maximum Gasteiger partial charge on any atom is 0.573 e. The van der Waals surface area contributed by atoms with Crippen LogP contribution in [0.15, 0.2) is 24.3 Å². The first-order chi connectivity index (χ1) is 13.2. The molecular weight excluding hydrogens is 375 g/mol. The van der Waals surface area contributed by atoms with Gasteiger partial charge in [-0.2, -0.15) is 0 Å². The fourth-order valence-corrected chi connectivity index (χ4v) is 3.14. The van der Waals surface area contributed by atoms with Crippen molar-refractivity contribution in [2.45, 2.75) is 50.9 Å². The van der Waals surface area contributed by atoms with Crippen LogP contribution in [0.5, 0.6) is 5.75 Å². The zero-order chi connectivity index (χ0) is 20.6. The van der Waals surface area contributed by atoms with Gasteiger partial charge in [-0.3, -0.25) is 9.59 Å². The molecule has 2 amide bonds. The summed E-state index contributed by atoms with van der Waals surface area (Å²) >= 11 is 0. The van der Waals surface area contributed by atoms with Gasteiger partial charge >= 0.3 is 6.36 Å². The van der Waals surface area contributed by atoms with Gasteiger partial charge in [-0.15, -0.1) is 13.2 Å². The first-order valence-corrected chi connectivity index (χ1v) is 9.25. The lowest BCUT2D eigenvalue weighted by atomic mass is 9.86. The number of hydrogen-bond acceptors (Lipinski definition) is 4. The lowest BCUT2D eigenvalue weighted by Crippen LogP contribution is -2.48. The fraction of sp³-hybridized carbons (Fsp3) is 0.526. The number of carbonyl (C=O) groups excluding carboxylic acids is 2. The molecule has 155 valence electrons. The van der Waals surface area contributed by atoms with Crippen LogP contribution in [0.2, 0.25) is 0 Å². The molecule has 1 saturated carbocycles. The van der Waals surface area contributed by atoms with Crippen molar-refractivity contribution in [3.8, 4) is 5.75 Å². The molecule has 2 rings (SSSR count). The lowest BCUT2D eigenvalue weighted by Gasteiger charge is -2.22. The average molecular weight is 400 g/mol. The molecule has 0 bridgehead atoms. The highest BCUT2D eigenvalue weighted by molar-refractivity contribution is 5.90. The monoisotopic (exact) mass is 400 g/mol. The van der Waals surface area contributed by atoms with Crippen molar-refractivity contribution >= 4 is 17.5 Å². The first kappa shape index (κ1) is 21.8. The summed E-state index contributed by atoms with van der Waals surface area (Å²) in [6.45, 7) is 0.0117. The zero-order valence-electron chi connectivity index (χ0n) is 15.4. The third kappa shape index (κ3) is 8.06. The van der Waals surface area contributed by atoms with Gasteiger partial charge in [0.15, 0.2) is 0 Å². The minimum atomic E-state index is -4.76. The second kappa shape index (κ2) is 10.2. The molecule has 0 heterocycles. The largest absolute Gasteiger partial charge is 0.573 e. The van der Waals surface area contributed by atoms with E-state index in [2.05, 4.69) is 15.4 Å². The second-order valence-corrected chi connectivity index (χ2v) is 6.86. The molecule has 6 nitrogen and oxygen atoms in total. The van der Waals surface area contributed by atoms with Gasteiger partial charge in [-0.05, 0) is 36.6 Å². The number of ether oxygens (including phenoxy) is 1. The predicted octanol–water partition coefficient (Wildman–Crippen LogP) is 3.14. The van der Waals surface area contributed by atoms with Gasteiger partial charge in [0.05, 0.1) is 0 Å². The number of halogens is 3. The van der Waals surface area contributed by atoms with E-state index in [1.807, 2.05) is 0 Å². The van der Waals surface area contributed by atoms with E-state index in [0.717, 1.165) is 25.0 Å². The molecule has 1 aliphatic carbocycles. The summed E-state index contributed by atoms with van der Waals surface area (Å²) in [5.74, 6) is -0.911. The van der Waals surface area contributed by atoms with E-state index >= 15 is 0 Å². The van der Waals surface area contributed by atoms with E-state index < -0.39 is 18.3 Å². The molecule has 0 aromatic heterocycles. The van der Waals surface area contributed by atoms with Crippen LogP contribution in [-0.2, 0) is 9.59 Å². The van der Waals surface area contributed by atoms with Crippen LogP contribution in [0.25, 0.3) is 0 Å². The lowest BCUT2D eigenvalue weighted by molar-refractivity contribution is -0.274. The summed E-state index contributed by atoms with van der Waals surface area (Å²) in [4.78, 5) is 23.6. The van der Waals surface area contributed by atoms with Crippen LogP contribution in [-0.4, -0.2) is 30.8 Å². The molecule has 1 aromatic carbocycles. The highest BCUT2D eigenvalue weighted by atomic mass is 19.4. The highest BCUT2D eigenvalue weighted by Gasteiger charge is 2.31. The summed E-state index contributed by atoms with van der Waals surface area (Å²) in [5, 5.41) is 5.42. The molecule has 4 N–H and O–H groups in total. The van der Waals surface area contributed by atoms with Gasteiger partial charge in [-0.1, -0.05) is 32.1 Å². The van der Waals surface area contributed by atoms with Gasteiger partial charge in [0, 0.05) is 18.7 Å². The first-order valence-electron chi connectivity index (χ1n) is 9.25. The van der Waals surface area contributed by atoms with Crippen molar-refractivity contribution in [3.63, 3.8) is 0 Å². The van der Waals surface area contributed by atoms with Crippen molar-refractivity contribution in [3.05, 3.63) is 30.7 Å². The predicted molar refractivity (Wildman–Crippen MR) is 98.2 cm³/mol. The number of nitrogens with one attached hydrogen (secondary N) is 2. The number of primary amides is 1. The molecule has 0 spiro atoms. The van der Waals surface area contributed by atoms with Crippen LogP contribution in [0.3, 0.4) is 0 Å². The quantitative estimate of drug-likeness (QED) is 0.594. The molecule has 1 radical (unpaired) electrons. The Balaban J connectivity index is 1.78. The van der Waals surface area contributed by atoms with Crippen LogP contribution >= 0.6 is 0 Å². The Morgan fingerprint density at radius 1 is 1.18 bits per heavy atom. The summed E-state index contributed by atoms with van der Waals surface area (Å²) in [7, 11) is 0. The number of alkyl halides is 3.